The van der Waals surface area contributed by atoms with Gasteiger partial charge in [-0.3, -0.25) is 10.1 Å². The fourth-order valence-corrected chi connectivity index (χ4v) is 1.59. The Hall–Kier alpha value is -2.28. The minimum Gasteiger partial charge on any atom is -0.330 e. The Kier molecular flexibility index (Phi) is 3.63. The van der Waals surface area contributed by atoms with Gasteiger partial charge in [0.25, 0.3) is 5.69 Å². The van der Waals surface area contributed by atoms with Crippen LogP contribution in [0.3, 0.4) is 0 Å². The molecule has 7 heteroatoms. The molecule has 1 aromatic heterocycles. The highest BCUT2D eigenvalue weighted by molar-refractivity contribution is 5.32. The normalized spacial score (nSPS) is 10.5. The monoisotopic (exact) mass is 247 g/mol. The topological polar surface area (TPSA) is 99.9 Å². The van der Waals surface area contributed by atoms with Crippen molar-refractivity contribution in [3.8, 4) is 0 Å². The number of hydrogen-bond acceptors (Lipinski definition) is 5. The lowest BCUT2D eigenvalue weighted by Crippen LogP contribution is -2.03. The van der Waals surface area contributed by atoms with Crippen LogP contribution in [-0.2, 0) is 13.0 Å². The van der Waals surface area contributed by atoms with Gasteiger partial charge in [-0.1, -0.05) is 17.3 Å². The average molecular weight is 247 g/mol. The van der Waals surface area contributed by atoms with E-state index in [2.05, 4.69) is 10.3 Å². The first-order valence-corrected chi connectivity index (χ1v) is 5.51. The maximum atomic E-state index is 10.5. The maximum absolute atomic E-state index is 10.5. The van der Waals surface area contributed by atoms with Crippen molar-refractivity contribution < 1.29 is 4.92 Å². The molecule has 0 aliphatic rings. The quantitative estimate of drug-likeness (QED) is 0.620. The van der Waals surface area contributed by atoms with Crippen molar-refractivity contribution >= 4 is 5.69 Å². The highest BCUT2D eigenvalue weighted by Gasteiger charge is 2.05. The van der Waals surface area contributed by atoms with E-state index < -0.39 is 4.92 Å². The lowest BCUT2D eigenvalue weighted by atomic mass is 10.2. The van der Waals surface area contributed by atoms with Crippen LogP contribution in [0.5, 0.6) is 0 Å². The lowest BCUT2D eigenvalue weighted by Gasteiger charge is -2.00. The predicted octanol–water partition coefficient (Wildman–Crippen LogP) is 0.736. The SMILES string of the molecule is NCCc1cn(Cc2ccc([N+](=O)[O-])cc2)nn1. The first kappa shape index (κ1) is 12.2. The van der Waals surface area contributed by atoms with Crippen molar-refractivity contribution in [1.29, 1.82) is 0 Å². The second kappa shape index (κ2) is 5.37. The number of benzene rings is 1. The summed E-state index contributed by atoms with van der Waals surface area (Å²) < 4.78 is 1.69. The Morgan fingerprint density at radius 2 is 2.06 bits per heavy atom. The molecule has 0 fully saturated rings. The van der Waals surface area contributed by atoms with Gasteiger partial charge in [0, 0.05) is 24.8 Å². The van der Waals surface area contributed by atoms with Crippen LogP contribution in [0.1, 0.15) is 11.3 Å². The number of nitro groups is 1. The molecule has 1 heterocycles. The molecular formula is C11H13N5O2. The molecule has 2 aromatic rings. The van der Waals surface area contributed by atoms with Gasteiger partial charge in [0.15, 0.2) is 0 Å². The zero-order valence-electron chi connectivity index (χ0n) is 9.69. The van der Waals surface area contributed by atoms with Gasteiger partial charge in [0.05, 0.1) is 17.2 Å². The number of hydrogen-bond donors (Lipinski definition) is 1. The van der Waals surface area contributed by atoms with E-state index in [-0.39, 0.29) is 5.69 Å². The van der Waals surface area contributed by atoms with E-state index in [1.807, 2.05) is 6.20 Å². The number of nitro benzene ring substituents is 1. The summed E-state index contributed by atoms with van der Waals surface area (Å²) >= 11 is 0. The van der Waals surface area contributed by atoms with Crippen molar-refractivity contribution in [3.05, 3.63) is 51.8 Å². The Bertz CT molecular complexity index is 535. The maximum Gasteiger partial charge on any atom is 0.269 e. The predicted molar refractivity (Wildman–Crippen MR) is 65.0 cm³/mol. The second-order valence-corrected chi connectivity index (χ2v) is 3.87. The molecule has 0 saturated carbocycles. The summed E-state index contributed by atoms with van der Waals surface area (Å²) in [4.78, 5) is 10.1. The van der Waals surface area contributed by atoms with Crippen LogP contribution in [0.15, 0.2) is 30.5 Å². The molecule has 2 N–H and O–H groups in total. The molecule has 94 valence electrons. The van der Waals surface area contributed by atoms with E-state index in [0.717, 1.165) is 11.3 Å². The third kappa shape index (κ3) is 2.89. The summed E-state index contributed by atoms with van der Waals surface area (Å²) in [5.74, 6) is 0. The van der Waals surface area contributed by atoms with E-state index in [0.29, 0.717) is 19.5 Å². The Balaban J connectivity index is 2.06. The zero-order valence-corrected chi connectivity index (χ0v) is 9.69. The summed E-state index contributed by atoms with van der Waals surface area (Å²) in [5.41, 5.74) is 7.29. The first-order valence-electron chi connectivity index (χ1n) is 5.51. The molecule has 0 aliphatic carbocycles. The minimum atomic E-state index is -0.418. The highest BCUT2D eigenvalue weighted by Crippen LogP contribution is 2.12. The van der Waals surface area contributed by atoms with Gasteiger partial charge < -0.3 is 5.73 Å². The standard InChI is InChI=1S/C11H13N5O2/c12-6-5-10-8-15(14-13-10)7-9-1-3-11(4-2-9)16(17)18/h1-4,8H,5-7,12H2. The Morgan fingerprint density at radius 1 is 1.33 bits per heavy atom. The van der Waals surface area contributed by atoms with Crippen molar-refractivity contribution in [3.63, 3.8) is 0 Å². The Labute approximate surface area is 103 Å². The summed E-state index contributed by atoms with van der Waals surface area (Å²) in [6.07, 6.45) is 2.52. The van der Waals surface area contributed by atoms with Crippen LogP contribution in [-0.4, -0.2) is 26.5 Å². The number of nitrogens with two attached hydrogens (primary N) is 1. The molecule has 1 aromatic carbocycles. The van der Waals surface area contributed by atoms with Crippen LogP contribution >= 0.6 is 0 Å². The van der Waals surface area contributed by atoms with Crippen LogP contribution in [0, 0.1) is 10.1 Å². The zero-order chi connectivity index (χ0) is 13.0. The van der Waals surface area contributed by atoms with Crippen LogP contribution in [0.25, 0.3) is 0 Å². The van der Waals surface area contributed by atoms with Crippen molar-refractivity contribution in [2.45, 2.75) is 13.0 Å². The number of rotatable bonds is 5. The van der Waals surface area contributed by atoms with E-state index in [4.69, 9.17) is 5.73 Å². The molecule has 0 spiro atoms. The Morgan fingerprint density at radius 3 is 2.67 bits per heavy atom. The molecule has 0 unspecified atom stereocenters. The molecule has 0 bridgehead atoms. The van der Waals surface area contributed by atoms with E-state index in [1.165, 1.54) is 12.1 Å². The van der Waals surface area contributed by atoms with Gasteiger partial charge in [0.1, 0.15) is 0 Å². The molecule has 18 heavy (non-hydrogen) atoms. The van der Waals surface area contributed by atoms with E-state index in [1.54, 1.807) is 16.8 Å². The molecule has 0 radical (unpaired) electrons. The van der Waals surface area contributed by atoms with Crippen LogP contribution < -0.4 is 5.73 Å². The van der Waals surface area contributed by atoms with E-state index in [9.17, 15) is 10.1 Å². The van der Waals surface area contributed by atoms with Gasteiger partial charge in [-0.05, 0) is 12.1 Å². The van der Waals surface area contributed by atoms with Gasteiger partial charge in [-0.25, -0.2) is 4.68 Å². The van der Waals surface area contributed by atoms with Crippen molar-refractivity contribution in [2.75, 3.05) is 6.54 Å². The molecular weight excluding hydrogens is 234 g/mol. The van der Waals surface area contributed by atoms with Gasteiger partial charge in [-0.2, -0.15) is 0 Å². The van der Waals surface area contributed by atoms with Crippen molar-refractivity contribution in [2.24, 2.45) is 5.73 Å². The third-order valence-electron chi connectivity index (χ3n) is 2.48. The summed E-state index contributed by atoms with van der Waals surface area (Å²) in [5, 5.41) is 18.4. The molecule has 0 aliphatic heterocycles. The van der Waals surface area contributed by atoms with Gasteiger partial charge in [0.2, 0.25) is 0 Å². The number of non-ortho nitro benzene ring substituents is 1. The number of aromatic nitrogens is 3. The van der Waals surface area contributed by atoms with Gasteiger partial charge >= 0.3 is 0 Å². The largest absolute Gasteiger partial charge is 0.330 e. The van der Waals surface area contributed by atoms with E-state index >= 15 is 0 Å². The summed E-state index contributed by atoms with van der Waals surface area (Å²) in [6.45, 7) is 1.08. The minimum absolute atomic E-state index is 0.0844. The van der Waals surface area contributed by atoms with Crippen LogP contribution in [0.2, 0.25) is 0 Å². The highest BCUT2D eigenvalue weighted by atomic mass is 16.6. The smallest absolute Gasteiger partial charge is 0.269 e. The second-order valence-electron chi connectivity index (χ2n) is 3.87. The fraction of sp³-hybridized carbons (Fsp3) is 0.273. The molecule has 2 rings (SSSR count). The number of nitrogens with zero attached hydrogens (tertiary/aromatic N) is 4. The summed E-state index contributed by atoms with van der Waals surface area (Å²) in [7, 11) is 0. The molecule has 7 nitrogen and oxygen atoms in total. The lowest BCUT2D eigenvalue weighted by molar-refractivity contribution is -0.384. The molecule has 0 atom stereocenters. The molecule has 0 saturated heterocycles. The van der Waals surface area contributed by atoms with Crippen LogP contribution in [0.4, 0.5) is 5.69 Å². The average Bonchev–Trinajstić information content (AvgIpc) is 2.78. The first-order chi connectivity index (χ1) is 8.69. The van der Waals surface area contributed by atoms with Gasteiger partial charge in [-0.15, -0.1) is 5.10 Å². The summed E-state index contributed by atoms with van der Waals surface area (Å²) in [6, 6.07) is 6.38. The fourth-order valence-electron chi connectivity index (χ4n) is 1.59. The van der Waals surface area contributed by atoms with Crippen molar-refractivity contribution in [1.82, 2.24) is 15.0 Å². The molecule has 0 amide bonds. The third-order valence-corrected chi connectivity index (χ3v) is 2.48.